The van der Waals surface area contributed by atoms with E-state index in [0.717, 1.165) is 22.6 Å². The molecular formula is C27H25N5O5S. The average molecular weight is 532 g/mol. The molecule has 0 aliphatic rings. The minimum Gasteiger partial charge on any atom is -0.497 e. The van der Waals surface area contributed by atoms with Crippen molar-refractivity contribution in [2.24, 2.45) is 5.10 Å². The lowest BCUT2D eigenvalue weighted by atomic mass is 10.2. The van der Waals surface area contributed by atoms with Crippen LogP contribution in [0.5, 0.6) is 17.2 Å². The molecule has 1 heterocycles. The first-order valence-electron chi connectivity index (χ1n) is 11.6. The van der Waals surface area contributed by atoms with Gasteiger partial charge >= 0.3 is 0 Å². The van der Waals surface area contributed by atoms with Gasteiger partial charge < -0.3 is 14.2 Å². The number of rotatable bonds is 12. The number of aromatic nitrogens is 2. The SMILES string of the molecule is COc1ccc(C(=O)Nc2nnc(CC(=O)N/N=C\c3ccc(OCCOc4ccccc4)cc3)s2)cc1. The van der Waals surface area contributed by atoms with E-state index in [2.05, 4.69) is 26.0 Å². The molecule has 0 fully saturated rings. The molecular weight excluding hydrogens is 506 g/mol. The lowest BCUT2D eigenvalue weighted by Crippen LogP contribution is -2.19. The predicted octanol–water partition coefficient (Wildman–Crippen LogP) is 3.95. The van der Waals surface area contributed by atoms with E-state index in [-0.39, 0.29) is 18.2 Å². The zero-order valence-corrected chi connectivity index (χ0v) is 21.3. The standard InChI is InChI=1S/C27H25N5O5S/c1-35-21-13-9-20(10-14-21)26(34)29-27-32-31-25(38-27)17-24(33)30-28-18-19-7-11-23(12-8-19)37-16-15-36-22-5-3-2-4-6-22/h2-14,18H,15-17H2,1H3,(H,30,33)(H,29,32,34)/b28-18-. The van der Waals surface area contributed by atoms with Crippen molar-refractivity contribution in [1.29, 1.82) is 0 Å². The van der Waals surface area contributed by atoms with Crippen LogP contribution in [0.3, 0.4) is 0 Å². The Balaban J connectivity index is 1.17. The molecule has 0 aliphatic carbocycles. The highest BCUT2D eigenvalue weighted by Crippen LogP contribution is 2.18. The summed E-state index contributed by atoms with van der Waals surface area (Å²) in [6.07, 6.45) is 1.51. The second kappa shape index (κ2) is 13.5. The first-order chi connectivity index (χ1) is 18.6. The summed E-state index contributed by atoms with van der Waals surface area (Å²) in [6.45, 7) is 0.848. The second-order valence-corrected chi connectivity index (χ2v) is 8.79. The number of ether oxygens (including phenoxy) is 3. The van der Waals surface area contributed by atoms with Crippen molar-refractivity contribution in [3.05, 3.63) is 95.0 Å². The van der Waals surface area contributed by atoms with Crippen molar-refractivity contribution in [3.8, 4) is 17.2 Å². The molecule has 38 heavy (non-hydrogen) atoms. The molecule has 0 bridgehead atoms. The molecule has 1 aromatic heterocycles. The summed E-state index contributed by atoms with van der Waals surface area (Å²) in [6, 6.07) is 23.5. The monoisotopic (exact) mass is 531 g/mol. The minimum atomic E-state index is -0.358. The highest BCUT2D eigenvalue weighted by atomic mass is 32.1. The molecule has 10 nitrogen and oxygen atoms in total. The third-order valence-electron chi connectivity index (χ3n) is 5.00. The van der Waals surface area contributed by atoms with E-state index in [0.29, 0.717) is 40.4 Å². The lowest BCUT2D eigenvalue weighted by molar-refractivity contribution is -0.120. The zero-order chi connectivity index (χ0) is 26.6. The topological polar surface area (TPSA) is 124 Å². The summed E-state index contributed by atoms with van der Waals surface area (Å²) >= 11 is 1.12. The second-order valence-electron chi connectivity index (χ2n) is 7.73. The number of hydrogen-bond acceptors (Lipinski definition) is 9. The fourth-order valence-electron chi connectivity index (χ4n) is 3.13. The van der Waals surface area contributed by atoms with Gasteiger partial charge in [-0.1, -0.05) is 29.5 Å². The van der Waals surface area contributed by atoms with Gasteiger partial charge in [-0.3, -0.25) is 14.9 Å². The van der Waals surface area contributed by atoms with Crippen LogP contribution in [0.15, 0.2) is 84.0 Å². The Morgan fingerprint density at radius 2 is 1.53 bits per heavy atom. The Kier molecular flexibility index (Phi) is 9.35. The number of nitrogens with zero attached hydrogens (tertiary/aromatic N) is 3. The molecule has 4 aromatic rings. The first kappa shape index (κ1) is 26.3. The van der Waals surface area contributed by atoms with Gasteiger partial charge in [0.2, 0.25) is 11.0 Å². The summed E-state index contributed by atoms with van der Waals surface area (Å²) in [4.78, 5) is 24.5. The van der Waals surface area contributed by atoms with Crippen molar-refractivity contribution in [3.63, 3.8) is 0 Å². The number of hydrogen-bond donors (Lipinski definition) is 2. The van der Waals surface area contributed by atoms with Gasteiger partial charge in [-0.05, 0) is 66.2 Å². The number of carbonyl (C=O) groups excluding carboxylic acids is 2. The van der Waals surface area contributed by atoms with Gasteiger partial charge in [-0.25, -0.2) is 5.43 Å². The molecule has 2 amide bonds. The Bertz CT molecular complexity index is 1360. The van der Waals surface area contributed by atoms with Gasteiger partial charge in [-0.15, -0.1) is 10.2 Å². The van der Waals surface area contributed by atoms with Crippen LogP contribution in [0.25, 0.3) is 0 Å². The van der Waals surface area contributed by atoms with E-state index in [1.807, 2.05) is 54.6 Å². The number of benzene rings is 3. The molecule has 2 N–H and O–H groups in total. The van der Waals surface area contributed by atoms with Gasteiger partial charge in [0.1, 0.15) is 35.5 Å². The van der Waals surface area contributed by atoms with Gasteiger partial charge in [-0.2, -0.15) is 5.10 Å². The predicted molar refractivity (Wildman–Crippen MR) is 144 cm³/mol. The molecule has 0 radical (unpaired) electrons. The molecule has 3 aromatic carbocycles. The molecule has 0 spiro atoms. The van der Waals surface area contributed by atoms with Crippen LogP contribution < -0.4 is 25.0 Å². The number of hydrazone groups is 1. The van der Waals surface area contributed by atoms with Crippen molar-refractivity contribution >= 4 is 34.5 Å². The van der Waals surface area contributed by atoms with Crippen molar-refractivity contribution in [1.82, 2.24) is 15.6 Å². The van der Waals surface area contributed by atoms with E-state index >= 15 is 0 Å². The Morgan fingerprint density at radius 3 is 2.21 bits per heavy atom. The van der Waals surface area contributed by atoms with Crippen molar-refractivity contribution < 1.29 is 23.8 Å². The molecule has 4 rings (SSSR count). The fourth-order valence-corrected chi connectivity index (χ4v) is 3.86. The van der Waals surface area contributed by atoms with E-state index in [1.165, 1.54) is 6.21 Å². The number of anilines is 1. The van der Waals surface area contributed by atoms with Gasteiger partial charge in [0.25, 0.3) is 5.91 Å². The van der Waals surface area contributed by atoms with E-state index < -0.39 is 0 Å². The molecule has 0 saturated heterocycles. The van der Waals surface area contributed by atoms with Gasteiger partial charge in [0, 0.05) is 5.56 Å². The highest BCUT2D eigenvalue weighted by molar-refractivity contribution is 7.15. The average Bonchev–Trinajstić information content (AvgIpc) is 3.38. The molecule has 0 unspecified atom stereocenters. The minimum absolute atomic E-state index is 0.0226. The van der Waals surface area contributed by atoms with Crippen LogP contribution in [0.1, 0.15) is 20.9 Å². The lowest BCUT2D eigenvalue weighted by Gasteiger charge is -2.08. The Labute approximate surface area is 223 Å². The molecule has 0 atom stereocenters. The van der Waals surface area contributed by atoms with Gasteiger partial charge in [0.15, 0.2) is 0 Å². The maximum absolute atomic E-state index is 12.3. The van der Waals surface area contributed by atoms with Crippen LogP contribution in [-0.4, -0.2) is 48.5 Å². The van der Waals surface area contributed by atoms with Crippen LogP contribution in [-0.2, 0) is 11.2 Å². The molecule has 194 valence electrons. The van der Waals surface area contributed by atoms with Crippen LogP contribution in [0, 0.1) is 0 Å². The van der Waals surface area contributed by atoms with Crippen LogP contribution in [0.2, 0.25) is 0 Å². The summed E-state index contributed by atoms with van der Waals surface area (Å²) in [7, 11) is 1.55. The Hall–Kier alpha value is -4.77. The largest absolute Gasteiger partial charge is 0.497 e. The normalized spacial score (nSPS) is 10.7. The maximum Gasteiger partial charge on any atom is 0.257 e. The highest BCUT2D eigenvalue weighted by Gasteiger charge is 2.12. The van der Waals surface area contributed by atoms with Crippen LogP contribution in [0.4, 0.5) is 5.13 Å². The number of nitrogens with one attached hydrogen (secondary N) is 2. The third kappa shape index (κ3) is 8.14. The molecule has 11 heteroatoms. The van der Waals surface area contributed by atoms with E-state index in [1.54, 1.807) is 31.4 Å². The molecule has 0 saturated carbocycles. The van der Waals surface area contributed by atoms with Crippen molar-refractivity contribution in [2.45, 2.75) is 6.42 Å². The number of amides is 2. The quantitative estimate of drug-likeness (QED) is 0.161. The number of carbonyl (C=O) groups is 2. The first-order valence-corrected chi connectivity index (χ1v) is 12.4. The third-order valence-corrected chi connectivity index (χ3v) is 5.84. The molecule has 0 aliphatic heterocycles. The summed E-state index contributed by atoms with van der Waals surface area (Å²) in [5.74, 6) is 1.46. The Morgan fingerprint density at radius 1 is 0.868 bits per heavy atom. The van der Waals surface area contributed by atoms with Crippen LogP contribution >= 0.6 is 11.3 Å². The zero-order valence-electron chi connectivity index (χ0n) is 20.5. The van der Waals surface area contributed by atoms with E-state index in [4.69, 9.17) is 14.2 Å². The maximum atomic E-state index is 12.3. The fraction of sp³-hybridized carbons (Fsp3) is 0.148. The van der Waals surface area contributed by atoms with E-state index in [9.17, 15) is 9.59 Å². The summed E-state index contributed by atoms with van der Waals surface area (Å²) in [5, 5.41) is 15.3. The van der Waals surface area contributed by atoms with Gasteiger partial charge in [0.05, 0.1) is 19.7 Å². The van der Waals surface area contributed by atoms with Crippen molar-refractivity contribution in [2.75, 3.05) is 25.6 Å². The number of para-hydroxylation sites is 1. The smallest absolute Gasteiger partial charge is 0.257 e. The number of methoxy groups -OCH3 is 1. The summed E-state index contributed by atoms with van der Waals surface area (Å²) < 4.78 is 16.4. The summed E-state index contributed by atoms with van der Waals surface area (Å²) in [5.41, 5.74) is 3.70.